The van der Waals surface area contributed by atoms with Crippen LogP contribution < -0.4 is 9.47 Å². The smallest absolute Gasteiger partial charge is 0.233 e. The number of aromatic hydroxyl groups is 2. The van der Waals surface area contributed by atoms with E-state index in [1.165, 1.54) is 31.3 Å². The number of amides is 2. The van der Waals surface area contributed by atoms with Gasteiger partial charge in [-0.3, -0.25) is 24.1 Å². The Morgan fingerprint density at radius 2 is 1.69 bits per heavy atom. The predicted molar refractivity (Wildman–Crippen MR) is 151 cm³/mol. The summed E-state index contributed by atoms with van der Waals surface area (Å²) in [7, 11) is 2.91. The molecule has 4 unspecified atom stereocenters. The zero-order chi connectivity index (χ0) is 29.9. The Bertz CT molecular complexity index is 1630. The summed E-state index contributed by atoms with van der Waals surface area (Å²) < 4.78 is 10.9. The number of phenols is 2. The second kappa shape index (κ2) is 10.3. The zero-order valence-electron chi connectivity index (χ0n) is 23.5. The molecule has 1 heterocycles. The van der Waals surface area contributed by atoms with Gasteiger partial charge in [-0.1, -0.05) is 23.8 Å². The first-order valence-corrected chi connectivity index (χ1v) is 13.9. The average Bonchev–Trinajstić information content (AvgIpc) is 3.23. The van der Waals surface area contributed by atoms with Gasteiger partial charge in [0.1, 0.15) is 23.0 Å². The number of Topliss-reactive ketones (excluding diaryl/α,β-unsaturated/α-hetero) is 1. The molecule has 3 aliphatic carbocycles. The van der Waals surface area contributed by atoms with Crippen molar-refractivity contribution in [3.8, 4) is 23.0 Å². The number of carbonyl (C=O) groups is 4. The highest BCUT2D eigenvalue weighted by Crippen LogP contribution is 2.57. The van der Waals surface area contributed by atoms with Crippen molar-refractivity contribution in [3.63, 3.8) is 0 Å². The zero-order valence-corrected chi connectivity index (χ0v) is 23.5. The second-order valence-electron chi connectivity index (χ2n) is 11.2. The van der Waals surface area contributed by atoms with E-state index in [2.05, 4.69) is 0 Å². The van der Waals surface area contributed by atoms with E-state index in [4.69, 9.17) is 9.47 Å². The normalized spacial score (nSPS) is 25.1. The lowest BCUT2D eigenvalue weighted by Crippen LogP contribution is -2.40. The molecule has 0 radical (unpaired) electrons. The van der Waals surface area contributed by atoms with Crippen LogP contribution in [0.1, 0.15) is 36.8 Å². The molecule has 42 heavy (non-hydrogen) atoms. The van der Waals surface area contributed by atoms with Gasteiger partial charge in [0.15, 0.2) is 11.6 Å². The number of benzene rings is 2. The molecular formula is C33H31NO8. The van der Waals surface area contributed by atoms with Crippen LogP contribution in [0.5, 0.6) is 23.0 Å². The van der Waals surface area contributed by atoms with Gasteiger partial charge in [-0.05, 0) is 55.9 Å². The Morgan fingerprint density at radius 3 is 2.38 bits per heavy atom. The molecule has 1 fully saturated rings. The number of hydrogen-bond acceptors (Lipinski definition) is 8. The lowest BCUT2D eigenvalue weighted by Gasteiger charge is -2.42. The first-order valence-electron chi connectivity index (χ1n) is 13.9. The molecule has 0 spiro atoms. The summed E-state index contributed by atoms with van der Waals surface area (Å²) in [6.07, 6.45) is 4.11. The van der Waals surface area contributed by atoms with E-state index in [-0.39, 0.29) is 59.2 Å². The largest absolute Gasteiger partial charge is 0.508 e. The van der Waals surface area contributed by atoms with Crippen LogP contribution in [0.3, 0.4) is 0 Å². The Hall–Kier alpha value is -4.66. The van der Waals surface area contributed by atoms with Crippen LogP contribution in [0, 0.1) is 17.8 Å². The Labute approximate surface area is 242 Å². The number of carbonyl (C=O) groups excluding carboxylic acids is 4. The number of phenolic OH excluding ortho intramolecular Hbond substituents is 2. The first-order chi connectivity index (χ1) is 20.1. The fraction of sp³-hybridized carbons (Fsp3) is 0.333. The molecule has 2 amide bonds. The minimum atomic E-state index is -0.838. The highest BCUT2D eigenvalue weighted by Gasteiger charge is 2.56. The van der Waals surface area contributed by atoms with E-state index in [9.17, 15) is 29.4 Å². The summed E-state index contributed by atoms with van der Waals surface area (Å²) in [4.78, 5) is 55.8. The van der Waals surface area contributed by atoms with Gasteiger partial charge in [0.05, 0.1) is 26.1 Å². The summed E-state index contributed by atoms with van der Waals surface area (Å²) in [5.41, 5.74) is 2.82. The molecule has 0 aromatic heterocycles. The molecule has 4 atom stereocenters. The van der Waals surface area contributed by atoms with E-state index in [1.54, 1.807) is 37.3 Å². The van der Waals surface area contributed by atoms with Crippen molar-refractivity contribution >= 4 is 23.4 Å². The number of imide groups is 1. The highest BCUT2D eigenvalue weighted by molar-refractivity contribution is 6.23. The third kappa shape index (κ3) is 4.22. The van der Waals surface area contributed by atoms with E-state index >= 15 is 0 Å². The van der Waals surface area contributed by atoms with E-state index in [0.717, 1.165) is 11.1 Å². The molecule has 2 aromatic rings. The van der Waals surface area contributed by atoms with Crippen LogP contribution >= 0.6 is 0 Å². The van der Waals surface area contributed by atoms with Crippen molar-refractivity contribution in [1.29, 1.82) is 0 Å². The highest BCUT2D eigenvalue weighted by atomic mass is 16.5. The van der Waals surface area contributed by atoms with E-state index in [1.807, 2.05) is 6.08 Å². The number of ketones is 2. The maximum absolute atomic E-state index is 13.9. The third-order valence-corrected chi connectivity index (χ3v) is 9.05. The van der Waals surface area contributed by atoms with E-state index < -0.39 is 23.7 Å². The molecule has 9 heteroatoms. The first kappa shape index (κ1) is 27.5. The van der Waals surface area contributed by atoms with Crippen molar-refractivity contribution < 1.29 is 38.9 Å². The fourth-order valence-electron chi connectivity index (χ4n) is 7.07. The van der Waals surface area contributed by atoms with Gasteiger partial charge in [-0.2, -0.15) is 0 Å². The van der Waals surface area contributed by atoms with Crippen LogP contribution in [0.15, 0.2) is 70.8 Å². The van der Waals surface area contributed by atoms with Crippen molar-refractivity contribution in [2.45, 2.75) is 32.1 Å². The number of nitrogens with zero attached hydrogens (tertiary/aromatic N) is 1. The Balaban J connectivity index is 1.42. The number of rotatable bonds is 6. The molecule has 2 aromatic carbocycles. The quantitative estimate of drug-likeness (QED) is 0.305. The minimum Gasteiger partial charge on any atom is -0.508 e. The van der Waals surface area contributed by atoms with Crippen molar-refractivity contribution in [1.82, 2.24) is 4.90 Å². The summed E-state index contributed by atoms with van der Waals surface area (Å²) in [6, 6.07) is 9.67. The van der Waals surface area contributed by atoms with Crippen LogP contribution in [-0.2, 0) is 25.6 Å². The number of hydrogen-bond donors (Lipinski definition) is 2. The summed E-state index contributed by atoms with van der Waals surface area (Å²) in [5.74, 6) is -3.16. The molecule has 0 saturated carbocycles. The van der Waals surface area contributed by atoms with Gasteiger partial charge >= 0.3 is 0 Å². The molecule has 1 aliphatic heterocycles. The van der Waals surface area contributed by atoms with Gasteiger partial charge < -0.3 is 19.7 Å². The number of fused-ring (bicyclic) bond motifs is 3. The average molecular weight is 570 g/mol. The third-order valence-electron chi connectivity index (χ3n) is 9.05. The fourth-order valence-corrected chi connectivity index (χ4v) is 7.07. The SMILES string of the molecule is COc1cc(O)c(C2C3=CCC4C(=O)N(CCc5ccc(O)cc5)C(=O)C4C3CC3=C2C(=O)C=C(C)C3=O)c(OC)c1. The number of methoxy groups -OCH3 is 2. The lowest BCUT2D eigenvalue weighted by atomic mass is 9.59. The van der Waals surface area contributed by atoms with Crippen LogP contribution in [0.4, 0.5) is 0 Å². The Kier molecular flexibility index (Phi) is 6.75. The molecule has 0 bridgehead atoms. The van der Waals surface area contributed by atoms with Crippen molar-refractivity contribution in [3.05, 3.63) is 82.0 Å². The predicted octanol–water partition coefficient (Wildman–Crippen LogP) is 3.79. The van der Waals surface area contributed by atoms with Crippen LogP contribution in [0.2, 0.25) is 0 Å². The Morgan fingerprint density at radius 1 is 0.952 bits per heavy atom. The van der Waals surface area contributed by atoms with E-state index in [0.29, 0.717) is 35.3 Å². The van der Waals surface area contributed by atoms with Gasteiger partial charge in [0, 0.05) is 46.9 Å². The van der Waals surface area contributed by atoms with Crippen LogP contribution in [0.25, 0.3) is 0 Å². The monoisotopic (exact) mass is 569 g/mol. The van der Waals surface area contributed by atoms with Gasteiger partial charge in [-0.25, -0.2) is 0 Å². The second-order valence-corrected chi connectivity index (χ2v) is 11.2. The standard InChI is InChI=1S/C33H31NO8/c1-16-12-24(36)28-23(31(16)38)15-22-20(29(28)30-25(37)13-19(41-2)14-26(30)42-3)8-9-21-27(22)33(40)34(32(21)39)11-10-17-4-6-18(35)7-5-17/h4-8,12-14,21-22,27,29,35,37H,9-11,15H2,1-3H3. The van der Waals surface area contributed by atoms with Crippen LogP contribution in [-0.4, -0.2) is 59.3 Å². The topological polar surface area (TPSA) is 130 Å². The molecule has 2 N–H and O–H groups in total. The number of ether oxygens (including phenoxy) is 2. The minimum absolute atomic E-state index is 0.137. The molecular weight excluding hydrogens is 538 g/mol. The number of likely N-dealkylation sites (tertiary alicyclic amines) is 1. The molecule has 1 saturated heterocycles. The van der Waals surface area contributed by atoms with Crippen molar-refractivity contribution in [2.75, 3.05) is 20.8 Å². The molecule has 6 rings (SSSR count). The summed E-state index contributed by atoms with van der Waals surface area (Å²) >= 11 is 0. The van der Waals surface area contributed by atoms with Gasteiger partial charge in [0.25, 0.3) is 0 Å². The number of allylic oxidation sites excluding steroid dienone is 6. The van der Waals surface area contributed by atoms with Crippen molar-refractivity contribution in [2.24, 2.45) is 17.8 Å². The van der Waals surface area contributed by atoms with Gasteiger partial charge in [-0.15, -0.1) is 0 Å². The summed E-state index contributed by atoms with van der Waals surface area (Å²) in [6.45, 7) is 1.79. The van der Waals surface area contributed by atoms with Gasteiger partial charge in [0.2, 0.25) is 11.8 Å². The molecule has 216 valence electrons. The summed E-state index contributed by atoms with van der Waals surface area (Å²) in [5, 5.41) is 20.8. The molecule has 9 nitrogen and oxygen atoms in total. The lowest BCUT2D eigenvalue weighted by molar-refractivity contribution is -0.140. The maximum atomic E-state index is 13.9. The maximum Gasteiger partial charge on any atom is 0.233 e. The molecule has 4 aliphatic rings.